The maximum absolute atomic E-state index is 13.2. The van der Waals surface area contributed by atoms with Crippen LogP contribution in [0.1, 0.15) is 258 Å². The zero-order valence-electron chi connectivity index (χ0n) is 38.7. The monoisotopic (exact) mass is 816 g/mol. The quantitative estimate of drug-likeness (QED) is 0.0323. The fraction of sp³-hybridized carbons (Fsp3) is 0.846. The van der Waals surface area contributed by atoms with Crippen molar-refractivity contribution in [1.29, 1.82) is 0 Å². The van der Waals surface area contributed by atoms with Gasteiger partial charge in [0, 0.05) is 6.42 Å². The van der Waals surface area contributed by atoms with E-state index in [2.05, 4.69) is 62.5 Å². The molecule has 0 spiro atoms. The molecule has 58 heavy (non-hydrogen) atoms. The summed E-state index contributed by atoms with van der Waals surface area (Å²) in [7, 11) is 0. The largest absolute Gasteiger partial charge is 0.462 e. The molecule has 0 aromatic carbocycles. The van der Waals surface area contributed by atoms with Gasteiger partial charge in [0.05, 0.1) is 25.2 Å². The molecule has 3 unspecified atom stereocenters. The highest BCUT2D eigenvalue weighted by Gasteiger charge is 2.24. The number of hydrogen-bond donors (Lipinski definition) is 3. The van der Waals surface area contributed by atoms with Gasteiger partial charge in [-0.05, 0) is 70.6 Å². The van der Waals surface area contributed by atoms with Gasteiger partial charge in [-0.3, -0.25) is 9.59 Å². The molecular formula is C52H97NO5. The van der Waals surface area contributed by atoms with Crippen LogP contribution in [0.2, 0.25) is 0 Å². The van der Waals surface area contributed by atoms with Gasteiger partial charge in [0.2, 0.25) is 5.91 Å². The van der Waals surface area contributed by atoms with Gasteiger partial charge in [-0.2, -0.15) is 0 Å². The van der Waals surface area contributed by atoms with Crippen molar-refractivity contribution in [2.45, 2.75) is 277 Å². The summed E-state index contributed by atoms with van der Waals surface area (Å²) in [5, 5.41) is 23.8. The second kappa shape index (κ2) is 46.2. The Morgan fingerprint density at radius 1 is 0.517 bits per heavy atom. The number of carbonyl (C=O) groups excluding carboxylic acids is 2. The van der Waals surface area contributed by atoms with Crippen molar-refractivity contribution in [1.82, 2.24) is 5.32 Å². The van der Waals surface area contributed by atoms with Gasteiger partial charge in [0.25, 0.3) is 0 Å². The summed E-state index contributed by atoms with van der Waals surface area (Å²) in [5.41, 5.74) is 0. The molecule has 0 aromatic rings. The van der Waals surface area contributed by atoms with E-state index in [9.17, 15) is 19.8 Å². The maximum atomic E-state index is 13.2. The number of esters is 1. The minimum Gasteiger partial charge on any atom is -0.462 e. The first-order valence-electron chi connectivity index (χ1n) is 25.2. The minimum atomic E-state index is -0.790. The van der Waals surface area contributed by atoms with Gasteiger partial charge in [0.1, 0.15) is 6.10 Å². The maximum Gasteiger partial charge on any atom is 0.306 e. The lowest BCUT2D eigenvalue weighted by Gasteiger charge is -2.24. The summed E-state index contributed by atoms with van der Waals surface area (Å²) in [6, 6.07) is -0.705. The van der Waals surface area contributed by atoms with Crippen molar-refractivity contribution in [3.63, 3.8) is 0 Å². The van der Waals surface area contributed by atoms with E-state index in [1.54, 1.807) is 0 Å². The summed E-state index contributed by atoms with van der Waals surface area (Å²) < 4.78 is 5.90. The van der Waals surface area contributed by atoms with Crippen LogP contribution in [-0.4, -0.2) is 46.9 Å². The zero-order chi connectivity index (χ0) is 42.4. The third-order valence-electron chi connectivity index (χ3n) is 11.4. The van der Waals surface area contributed by atoms with Gasteiger partial charge >= 0.3 is 5.97 Å². The number of allylic oxidation sites excluding steroid dienone is 6. The Hall–Kier alpha value is -1.92. The highest BCUT2D eigenvalue weighted by molar-refractivity contribution is 5.77. The molecule has 3 atom stereocenters. The molecule has 0 aromatic heterocycles. The van der Waals surface area contributed by atoms with Crippen LogP contribution >= 0.6 is 0 Å². The van der Waals surface area contributed by atoms with Gasteiger partial charge in [0.15, 0.2) is 0 Å². The number of ether oxygens (including phenoxy) is 1. The van der Waals surface area contributed by atoms with Crippen LogP contribution in [0.25, 0.3) is 0 Å². The average molecular weight is 816 g/mol. The molecule has 0 aliphatic rings. The molecule has 0 rings (SSSR count). The molecule has 0 aliphatic heterocycles. The summed E-state index contributed by atoms with van der Waals surface area (Å²) in [4.78, 5) is 26.0. The number of rotatable bonds is 45. The van der Waals surface area contributed by atoms with Crippen LogP contribution < -0.4 is 5.32 Å². The molecule has 0 bridgehead atoms. The van der Waals surface area contributed by atoms with Crippen molar-refractivity contribution in [3.05, 3.63) is 36.5 Å². The number of hydrogen-bond acceptors (Lipinski definition) is 5. The fourth-order valence-electron chi connectivity index (χ4n) is 7.65. The van der Waals surface area contributed by atoms with Crippen LogP contribution in [0.5, 0.6) is 0 Å². The van der Waals surface area contributed by atoms with Gasteiger partial charge in [-0.1, -0.05) is 211 Å². The van der Waals surface area contributed by atoms with E-state index >= 15 is 0 Å². The Morgan fingerprint density at radius 2 is 0.966 bits per heavy atom. The summed E-state index contributed by atoms with van der Waals surface area (Å²) >= 11 is 0. The Labute approximate surface area is 360 Å². The van der Waals surface area contributed by atoms with Crippen LogP contribution in [0.4, 0.5) is 0 Å². The SMILES string of the molecule is CC/C=C/C/C=C/CCCCCCCC(CC(=O)NC(CO)C(O)CCCCCCCCCCCCCCCCCCC)OC(=O)CCCCCCC/C=C\CCC. The molecule has 340 valence electrons. The van der Waals surface area contributed by atoms with E-state index < -0.39 is 18.2 Å². The first-order chi connectivity index (χ1) is 28.5. The van der Waals surface area contributed by atoms with Crippen LogP contribution in [-0.2, 0) is 14.3 Å². The van der Waals surface area contributed by atoms with E-state index in [1.165, 1.54) is 128 Å². The molecule has 6 heteroatoms. The molecule has 0 radical (unpaired) electrons. The summed E-state index contributed by atoms with van der Waals surface area (Å²) in [6.07, 6.45) is 53.5. The van der Waals surface area contributed by atoms with Crippen molar-refractivity contribution in [2.24, 2.45) is 0 Å². The van der Waals surface area contributed by atoms with E-state index in [4.69, 9.17) is 4.74 Å². The lowest BCUT2D eigenvalue weighted by molar-refractivity contribution is -0.151. The Bertz CT molecular complexity index is 961. The molecule has 0 heterocycles. The van der Waals surface area contributed by atoms with Gasteiger partial charge < -0.3 is 20.3 Å². The number of aliphatic hydroxyl groups excluding tert-OH is 2. The van der Waals surface area contributed by atoms with Crippen LogP contribution in [0.3, 0.4) is 0 Å². The van der Waals surface area contributed by atoms with Gasteiger partial charge in [-0.15, -0.1) is 0 Å². The summed E-state index contributed by atoms with van der Waals surface area (Å²) in [6.45, 7) is 6.32. The molecule has 0 fully saturated rings. The standard InChI is InChI=1S/C52H97NO5/c1-4-7-10-13-16-19-22-24-25-26-27-28-30-32-35-38-41-44-50(55)49(47-54)53-51(56)46-48(43-40-37-34-31-29-23-20-17-14-11-8-5-2)58-52(57)45-42-39-36-33-21-18-15-12-9-6-3/h8,11-12,15,17,20,48-50,54-55H,4-7,9-10,13-14,16,18-19,21-47H2,1-3H3,(H,53,56)/b11-8+,15-12-,20-17+. The second-order valence-corrected chi connectivity index (χ2v) is 17.2. The zero-order valence-corrected chi connectivity index (χ0v) is 38.7. The predicted octanol–water partition coefficient (Wildman–Crippen LogP) is 14.9. The van der Waals surface area contributed by atoms with Crippen molar-refractivity contribution in [3.8, 4) is 0 Å². The van der Waals surface area contributed by atoms with Crippen molar-refractivity contribution < 1.29 is 24.5 Å². The van der Waals surface area contributed by atoms with Crippen LogP contribution in [0.15, 0.2) is 36.5 Å². The Morgan fingerprint density at radius 3 is 1.48 bits per heavy atom. The summed E-state index contributed by atoms with van der Waals surface area (Å²) in [5.74, 6) is -0.495. The Kier molecular flexibility index (Phi) is 44.6. The molecule has 6 nitrogen and oxygen atoms in total. The molecule has 3 N–H and O–H groups in total. The Balaban J connectivity index is 4.47. The van der Waals surface area contributed by atoms with E-state index in [0.29, 0.717) is 19.3 Å². The normalized spacial score (nSPS) is 13.5. The number of unbranched alkanes of at least 4 members (excludes halogenated alkanes) is 27. The molecule has 0 saturated heterocycles. The molecule has 0 saturated carbocycles. The van der Waals surface area contributed by atoms with E-state index in [-0.39, 0.29) is 24.9 Å². The highest BCUT2D eigenvalue weighted by Crippen LogP contribution is 2.18. The van der Waals surface area contributed by atoms with Crippen LogP contribution in [0, 0.1) is 0 Å². The van der Waals surface area contributed by atoms with Crippen molar-refractivity contribution in [2.75, 3.05) is 6.61 Å². The van der Waals surface area contributed by atoms with Crippen molar-refractivity contribution >= 4 is 11.9 Å². The lowest BCUT2D eigenvalue weighted by Crippen LogP contribution is -2.46. The third-order valence-corrected chi connectivity index (χ3v) is 11.4. The highest BCUT2D eigenvalue weighted by atomic mass is 16.5. The smallest absolute Gasteiger partial charge is 0.306 e. The first kappa shape index (κ1) is 56.1. The number of amides is 1. The second-order valence-electron chi connectivity index (χ2n) is 17.2. The van der Waals surface area contributed by atoms with E-state index in [0.717, 1.165) is 83.5 Å². The fourth-order valence-corrected chi connectivity index (χ4v) is 7.65. The third kappa shape index (κ3) is 40.8. The topological polar surface area (TPSA) is 95.9 Å². The average Bonchev–Trinajstić information content (AvgIpc) is 3.22. The number of aliphatic hydroxyl groups is 2. The molecule has 1 amide bonds. The van der Waals surface area contributed by atoms with E-state index in [1.807, 2.05) is 0 Å². The lowest BCUT2D eigenvalue weighted by atomic mass is 10.0. The number of carbonyl (C=O) groups is 2. The minimum absolute atomic E-state index is 0.0664. The predicted molar refractivity (Wildman–Crippen MR) is 250 cm³/mol. The molecular weight excluding hydrogens is 719 g/mol. The van der Waals surface area contributed by atoms with Gasteiger partial charge in [-0.25, -0.2) is 0 Å². The molecule has 0 aliphatic carbocycles. The first-order valence-corrected chi connectivity index (χ1v) is 25.2. The number of nitrogens with one attached hydrogen (secondary N) is 1.